The van der Waals surface area contributed by atoms with Gasteiger partial charge in [-0.15, -0.1) is 5.54 Å². The third-order valence-corrected chi connectivity index (χ3v) is 12.1. The van der Waals surface area contributed by atoms with Gasteiger partial charge in [0.05, 0.1) is 5.60 Å². The predicted octanol–water partition coefficient (Wildman–Crippen LogP) is 9.86. The fourth-order valence-corrected chi connectivity index (χ4v) is 11.6. The van der Waals surface area contributed by atoms with Gasteiger partial charge in [-0.25, -0.2) is 0 Å². The third kappa shape index (κ3) is 13.2. The summed E-state index contributed by atoms with van der Waals surface area (Å²) in [4.78, 5) is 5.57. The molecule has 0 heterocycles. The van der Waals surface area contributed by atoms with Crippen LogP contribution in [0.2, 0.25) is 18.1 Å². The van der Waals surface area contributed by atoms with Crippen LogP contribution in [0.15, 0.2) is 0 Å². The van der Waals surface area contributed by atoms with Crippen LogP contribution in [-0.4, -0.2) is 26.0 Å². The Morgan fingerprint density at radius 1 is 0.806 bits per heavy atom. The molecule has 188 valence electrons. The van der Waals surface area contributed by atoms with Crippen LogP contribution < -0.4 is 0 Å². The minimum absolute atomic E-state index is 0. The van der Waals surface area contributed by atoms with Gasteiger partial charge in [-0.2, -0.15) is 0 Å². The zero-order valence-electron chi connectivity index (χ0n) is 22.7. The van der Waals surface area contributed by atoms with Crippen molar-refractivity contribution in [1.29, 1.82) is 0 Å². The van der Waals surface area contributed by atoms with Crippen LogP contribution in [-0.2, 0) is 21.8 Å². The summed E-state index contributed by atoms with van der Waals surface area (Å²) < 4.78 is 5.87. The first-order valence-corrected chi connectivity index (χ1v) is 19.0. The van der Waals surface area contributed by atoms with E-state index >= 15 is 0 Å². The summed E-state index contributed by atoms with van der Waals surface area (Å²) in [6.45, 7) is 26.8. The standard InChI is InChI=1S/C24H50NOSi.CH3.2ClH.Ti/c1-18-19(2)21(4)22(20(18)3)27(11,25-23(5,6)7)17-15-13-12-14-16-26-24(8,9)10;;;;/h18-22H,12-17H2,1-11H3;1H3;2*1H;/q2*-1;;;+2/p-2/t18-,19?,20-,21?,22?,27+;;;;/m1..../s1. The Bertz CT molecular complexity index is 455. The normalized spacial score (nSPS) is 28.2. The van der Waals surface area contributed by atoms with Crippen LogP contribution in [0.5, 0.6) is 0 Å². The van der Waals surface area contributed by atoms with E-state index in [9.17, 15) is 0 Å². The van der Waals surface area contributed by atoms with Gasteiger partial charge >= 0.3 is 35.6 Å². The zero-order chi connectivity index (χ0) is 23.8. The molecule has 0 aromatic heterocycles. The van der Waals surface area contributed by atoms with Crippen LogP contribution >= 0.6 is 18.6 Å². The second-order valence-electron chi connectivity index (χ2n) is 11.8. The molecule has 0 N–H and O–H groups in total. The first-order chi connectivity index (χ1) is 13.6. The molecular weight excluding hydrogens is 477 g/mol. The molecule has 1 fully saturated rings. The minimum atomic E-state index is -1.67. The van der Waals surface area contributed by atoms with Gasteiger partial charge in [-0.3, -0.25) is 0 Å². The van der Waals surface area contributed by atoms with Crippen molar-refractivity contribution >= 4 is 26.8 Å². The Kier molecular flexibility index (Phi) is 17.2. The second-order valence-corrected chi connectivity index (χ2v) is 18.5. The molecule has 0 aliphatic heterocycles. The van der Waals surface area contributed by atoms with Gasteiger partial charge in [0.2, 0.25) is 0 Å². The summed E-state index contributed by atoms with van der Waals surface area (Å²) >= 11 is -0.556. The van der Waals surface area contributed by atoms with E-state index in [1.165, 1.54) is 31.7 Å². The Hall–Kier alpha value is 1.43. The fraction of sp³-hybridized carbons (Fsp3) is 0.960. The maximum atomic E-state index is 5.87. The van der Waals surface area contributed by atoms with E-state index in [-0.39, 0.29) is 18.6 Å². The molecule has 3 unspecified atom stereocenters. The number of nitrogens with zero attached hydrogens (tertiary/aromatic N) is 1. The molecule has 1 aliphatic rings. The van der Waals surface area contributed by atoms with E-state index in [2.05, 4.69) is 75.8 Å². The number of rotatable bonds is 9. The van der Waals surface area contributed by atoms with Crippen molar-refractivity contribution in [3.8, 4) is 0 Å². The van der Waals surface area contributed by atoms with Crippen LogP contribution in [0.25, 0.3) is 4.98 Å². The molecule has 2 nitrogen and oxygen atoms in total. The average Bonchev–Trinajstić information content (AvgIpc) is 2.76. The third-order valence-electron chi connectivity index (χ3n) is 7.04. The second kappa shape index (κ2) is 15.4. The van der Waals surface area contributed by atoms with Crippen LogP contribution in [0, 0.1) is 31.1 Å². The summed E-state index contributed by atoms with van der Waals surface area (Å²) in [6, 6.07) is 1.36. The quantitative estimate of drug-likeness (QED) is 0.165. The van der Waals surface area contributed by atoms with Crippen molar-refractivity contribution in [3.05, 3.63) is 12.4 Å². The summed E-state index contributed by atoms with van der Waals surface area (Å²) in [5.74, 6) is 3.30. The van der Waals surface area contributed by atoms with Gasteiger partial charge in [0, 0.05) is 6.61 Å². The number of halogens is 2. The van der Waals surface area contributed by atoms with Crippen LogP contribution in [0.4, 0.5) is 0 Å². The molecule has 0 spiro atoms. The van der Waals surface area contributed by atoms with E-state index in [0.29, 0.717) is 0 Å². The van der Waals surface area contributed by atoms with E-state index in [1.54, 1.807) is 0 Å². The number of hydrogen-bond acceptors (Lipinski definition) is 1. The molecule has 1 aliphatic carbocycles. The first kappa shape index (κ1) is 34.6. The molecule has 6 heteroatoms. The molecule has 0 amide bonds. The Morgan fingerprint density at radius 3 is 1.61 bits per heavy atom. The zero-order valence-corrected chi connectivity index (χ0v) is 26.8. The molecular formula is C25H53Cl2NOSiTi-2. The Labute approximate surface area is 214 Å². The maximum absolute atomic E-state index is 5.87. The van der Waals surface area contributed by atoms with Crippen molar-refractivity contribution in [2.75, 3.05) is 6.61 Å². The van der Waals surface area contributed by atoms with Crippen molar-refractivity contribution < 1.29 is 21.8 Å². The van der Waals surface area contributed by atoms with Crippen molar-refractivity contribution in [2.45, 2.75) is 124 Å². The number of hydrogen-bond donors (Lipinski definition) is 0. The molecule has 0 radical (unpaired) electrons. The van der Waals surface area contributed by atoms with Gasteiger partial charge < -0.3 is 17.1 Å². The van der Waals surface area contributed by atoms with E-state index in [0.717, 1.165) is 35.8 Å². The summed E-state index contributed by atoms with van der Waals surface area (Å²) in [6.07, 6.45) is 5.15. The van der Waals surface area contributed by atoms with E-state index in [4.69, 9.17) is 28.3 Å². The molecule has 0 aromatic carbocycles. The molecule has 0 saturated heterocycles. The molecule has 1 saturated carbocycles. The van der Waals surface area contributed by atoms with Crippen LogP contribution in [0.1, 0.15) is 94.9 Å². The molecule has 31 heavy (non-hydrogen) atoms. The summed E-state index contributed by atoms with van der Waals surface area (Å²) in [5.41, 5.74) is 0.931. The SMILES string of the molecule is CC1C(C)[C@@H](C)[C@@H](C)C1[Si@](C)(CCCCCCOC(C)(C)C)[N-]C(C)(C)C.[CH3-].[Cl][Ti][Cl]. The van der Waals surface area contributed by atoms with Gasteiger partial charge in [-0.05, 0) is 50.9 Å². The molecule has 0 bridgehead atoms. The van der Waals surface area contributed by atoms with Crippen LogP contribution in [0.3, 0.4) is 0 Å². The van der Waals surface area contributed by atoms with Crippen molar-refractivity contribution in [1.82, 2.24) is 0 Å². The first-order valence-electron chi connectivity index (χ1n) is 11.9. The van der Waals surface area contributed by atoms with Gasteiger partial charge in [0.1, 0.15) is 0 Å². The van der Waals surface area contributed by atoms with Gasteiger partial charge in [-0.1, -0.05) is 94.1 Å². The van der Waals surface area contributed by atoms with Crippen molar-refractivity contribution in [2.24, 2.45) is 23.7 Å². The number of ether oxygens (including phenoxy) is 1. The van der Waals surface area contributed by atoms with Crippen molar-refractivity contribution in [3.63, 3.8) is 0 Å². The summed E-state index contributed by atoms with van der Waals surface area (Å²) in [7, 11) is 8.11. The predicted molar refractivity (Wildman–Crippen MR) is 142 cm³/mol. The molecule has 1 rings (SSSR count). The number of unbranched alkanes of at least 4 members (excludes halogenated alkanes) is 3. The fourth-order valence-electron chi connectivity index (χ4n) is 5.60. The topological polar surface area (TPSA) is 23.3 Å². The molecule has 0 aromatic rings. The Balaban J connectivity index is 0. The van der Waals surface area contributed by atoms with E-state index in [1.807, 2.05) is 0 Å². The van der Waals surface area contributed by atoms with Gasteiger partial charge in [0.25, 0.3) is 0 Å². The summed E-state index contributed by atoms with van der Waals surface area (Å²) in [5, 5.41) is 0. The molecule has 6 atom stereocenters. The van der Waals surface area contributed by atoms with Gasteiger partial charge in [0.15, 0.2) is 0 Å². The monoisotopic (exact) mass is 529 g/mol. The van der Waals surface area contributed by atoms with E-state index < -0.39 is 25.3 Å². The Morgan fingerprint density at radius 2 is 1.23 bits per heavy atom. The average molecular weight is 531 g/mol.